The average Bonchev–Trinajstić information content (AvgIpc) is 2.99. The summed E-state index contributed by atoms with van der Waals surface area (Å²) in [6.07, 6.45) is -3.89. The lowest BCUT2D eigenvalue weighted by Crippen LogP contribution is -2.44. The van der Waals surface area contributed by atoms with Gasteiger partial charge in [0.1, 0.15) is 5.54 Å². The number of nitrogens with one attached hydrogen (secondary N) is 1. The van der Waals surface area contributed by atoms with Gasteiger partial charge >= 0.3 is 6.18 Å². The Hall–Kier alpha value is -0.260. The van der Waals surface area contributed by atoms with E-state index < -0.39 is 11.7 Å². The Morgan fingerprint density at radius 3 is 2.53 bits per heavy atom. The highest BCUT2D eigenvalue weighted by atomic mass is 79.9. The topological polar surface area (TPSA) is 12.0 Å². The van der Waals surface area contributed by atoms with Crippen molar-refractivity contribution < 1.29 is 13.2 Å². The number of benzene rings is 1. The monoisotopic (exact) mass is 327 g/mol. The van der Waals surface area contributed by atoms with E-state index in [1.807, 2.05) is 0 Å². The fourth-order valence-electron chi connectivity index (χ4n) is 1.63. The smallest absolute Gasteiger partial charge is 0.299 e. The summed E-state index contributed by atoms with van der Waals surface area (Å²) in [6, 6.07) is 5.07. The zero-order chi connectivity index (χ0) is 12.7. The summed E-state index contributed by atoms with van der Waals surface area (Å²) in [5.74, 6) is 0. The Kier molecular flexibility index (Phi) is 3.45. The highest BCUT2D eigenvalue weighted by Crippen LogP contribution is 2.49. The van der Waals surface area contributed by atoms with Gasteiger partial charge in [0, 0.05) is 16.0 Å². The van der Waals surface area contributed by atoms with E-state index in [2.05, 4.69) is 21.2 Å². The SMILES string of the molecule is FC(F)(F)C1(NCc2cc(Cl)ccc2Br)CC1. The molecule has 0 bridgehead atoms. The van der Waals surface area contributed by atoms with Crippen LogP contribution < -0.4 is 5.32 Å². The maximum absolute atomic E-state index is 12.7. The number of alkyl halides is 3. The second-order valence-electron chi connectivity index (χ2n) is 4.17. The van der Waals surface area contributed by atoms with Crippen molar-refractivity contribution in [2.75, 3.05) is 0 Å². The van der Waals surface area contributed by atoms with Crippen LogP contribution in [0.3, 0.4) is 0 Å². The van der Waals surface area contributed by atoms with Crippen LogP contribution in [0.4, 0.5) is 13.2 Å². The molecule has 0 saturated heterocycles. The predicted octanol–water partition coefficient (Wildman–Crippen LogP) is 4.29. The van der Waals surface area contributed by atoms with E-state index in [9.17, 15) is 13.2 Å². The fourth-order valence-corrected chi connectivity index (χ4v) is 2.21. The van der Waals surface area contributed by atoms with Crippen LogP contribution in [-0.2, 0) is 6.54 Å². The Morgan fingerprint density at radius 1 is 1.35 bits per heavy atom. The average molecular weight is 329 g/mol. The molecule has 94 valence electrons. The second-order valence-corrected chi connectivity index (χ2v) is 5.46. The van der Waals surface area contributed by atoms with E-state index in [0.717, 1.165) is 10.0 Å². The van der Waals surface area contributed by atoms with Crippen LogP contribution >= 0.6 is 27.5 Å². The van der Waals surface area contributed by atoms with Gasteiger partial charge < -0.3 is 0 Å². The predicted molar refractivity (Wildman–Crippen MR) is 64.0 cm³/mol. The molecule has 17 heavy (non-hydrogen) atoms. The van der Waals surface area contributed by atoms with Gasteiger partial charge in [0.25, 0.3) is 0 Å². The van der Waals surface area contributed by atoms with Crippen LogP contribution in [0.5, 0.6) is 0 Å². The van der Waals surface area contributed by atoms with Crippen molar-refractivity contribution in [3.63, 3.8) is 0 Å². The summed E-state index contributed by atoms with van der Waals surface area (Å²) >= 11 is 9.09. The van der Waals surface area contributed by atoms with Gasteiger partial charge in [-0.15, -0.1) is 0 Å². The molecule has 1 aliphatic rings. The van der Waals surface area contributed by atoms with Gasteiger partial charge in [-0.3, -0.25) is 5.32 Å². The summed E-state index contributed by atoms with van der Waals surface area (Å²) in [5.41, 5.74) is -0.956. The highest BCUT2D eigenvalue weighted by molar-refractivity contribution is 9.10. The highest BCUT2D eigenvalue weighted by Gasteiger charge is 2.62. The molecule has 0 amide bonds. The molecule has 1 saturated carbocycles. The number of rotatable bonds is 3. The van der Waals surface area contributed by atoms with E-state index >= 15 is 0 Å². The molecule has 0 aromatic heterocycles. The molecule has 2 rings (SSSR count). The molecule has 1 nitrogen and oxygen atoms in total. The van der Waals surface area contributed by atoms with Crippen LogP contribution in [0.2, 0.25) is 5.02 Å². The maximum Gasteiger partial charge on any atom is 0.406 e. The van der Waals surface area contributed by atoms with Crippen LogP contribution in [0.1, 0.15) is 18.4 Å². The molecular weight excluding hydrogens is 318 g/mol. The first-order valence-electron chi connectivity index (χ1n) is 5.10. The van der Waals surface area contributed by atoms with Crippen LogP contribution in [0, 0.1) is 0 Å². The van der Waals surface area contributed by atoms with Crippen molar-refractivity contribution in [2.45, 2.75) is 31.1 Å². The van der Waals surface area contributed by atoms with Crippen molar-refractivity contribution in [2.24, 2.45) is 0 Å². The van der Waals surface area contributed by atoms with Gasteiger partial charge in [0.15, 0.2) is 0 Å². The van der Waals surface area contributed by atoms with E-state index in [4.69, 9.17) is 11.6 Å². The lowest BCUT2D eigenvalue weighted by atomic mass is 10.2. The van der Waals surface area contributed by atoms with Crippen LogP contribution in [0.15, 0.2) is 22.7 Å². The Morgan fingerprint density at radius 2 is 2.00 bits per heavy atom. The summed E-state index contributed by atoms with van der Waals surface area (Å²) in [7, 11) is 0. The van der Waals surface area contributed by atoms with Gasteiger partial charge in [-0.2, -0.15) is 13.2 Å². The number of hydrogen-bond donors (Lipinski definition) is 1. The first kappa shape index (κ1) is 13.2. The molecule has 0 radical (unpaired) electrons. The lowest BCUT2D eigenvalue weighted by Gasteiger charge is -2.21. The third kappa shape index (κ3) is 2.77. The molecule has 0 aliphatic heterocycles. The third-order valence-electron chi connectivity index (χ3n) is 2.92. The molecule has 0 spiro atoms. The van der Waals surface area contributed by atoms with Gasteiger partial charge in [0.05, 0.1) is 0 Å². The minimum absolute atomic E-state index is 0.148. The van der Waals surface area contributed by atoms with Gasteiger partial charge in [-0.25, -0.2) is 0 Å². The van der Waals surface area contributed by atoms with E-state index in [1.165, 1.54) is 0 Å². The van der Waals surface area contributed by atoms with Crippen molar-refractivity contribution in [3.8, 4) is 0 Å². The normalized spacial score (nSPS) is 18.2. The van der Waals surface area contributed by atoms with Crippen molar-refractivity contribution in [3.05, 3.63) is 33.3 Å². The molecule has 0 atom stereocenters. The first-order valence-corrected chi connectivity index (χ1v) is 6.27. The molecule has 1 aromatic rings. The minimum Gasteiger partial charge on any atom is -0.299 e. The number of halogens is 5. The lowest BCUT2D eigenvalue weighted by molar-refractivity contribution is -0.166. The molecule has 0 heterocycles. The Bertz CT molecular complexity index is 429. The van der Waals surface area contributed by atoms with Crippen molar-refractivity contribution in [1.29, 1.82) is 0 Å². The van der Waals surface area contributed by atoms with Crippen molar-refractivity contribution >= 4 is 27.5 Å². The molecule has 6 heteroatoms. The van der Waals surface area contributed by atoms with E-state index in [-0.39, 0.29) is 19.4 Å². The molecule has 1 N–H and O–H groups in total. The first-order chi connectivity index (χ1) is 7.84. The largest absolute Gasteiger partial charge is 0.406 e. The molecule has 0 unspecified atom stereocenters. The van der Waals surface area contributed by atoms with Crippen LogP contribution in [-0.4, -0.2) is 11.7 Å². The van der Waals surface area contributed by atoms with Crippen LogP contribution in [0.25, 0.3) is 0 Å². The van der Waals surface area contributed by atoms with Gasteiger partial charge in [-0.05, 0) is 36.6 Å². The number of hydrogen-bond acceptors (Lipinski definition) is 1. The summed E-state index contributed by atoms with van der Waals surface area (Å²) in [4.78, 5) is 0. The third-order valence-corrected chi connectivity index (χ3v) is 3.93. The van der Waals surface area contributed by atoms with E-state index in [0.29, 0.717) is 5.02 Å². The Balaban J connectivity index is 2.06. The standard InChI is InChI=1S/C11H10BrClF3N/c12-9-2-1-8(13)5-7(9)6-17-10(3-4-10)11(14,15)16/h1-2,5,17H,3-4,6H2. The van der Waals surface area contributed by atoms with E-state index in [1.54, 1.807) is 18.2 Å². The zero-order valence-corrected chi connectivity index (χ0v) is 11.1. The molecular formula is C11H10BrClF3N. The Labute approximate surface area is 110 Å². The van der Waals surface area contributed by atoms with Crippen molar-refractivity contribution in [1.82, 2.24) is 5.32 Å². The summed E-state index contributed by atoms with van der Waals surface area (Å²) in [5, 5.41) is 3.10. The zero-order valence-electron chi connectivity index (χ0n) is 8.74. The minimum atomic E-state index is -4.18. The fraction of sp³-hybridized carbons (Fsp3) is 0.455. The summed E-state index contributed by atoms with van der Waals surface area (Å²) in [6.45, 7) is 0.153. The maximum atomic E-state index is 12.7. The quantitative estimate of drug-likeness (QED) is 0.873. The second kappa shape index (κ2) is 4.44. The summed E-state index contributed by atoms with van der Waals surface area (Å²) < 4.78 is 38.8. The molecule has 1 fully saturated rings. The molecule has 1 aliphatic carbocycles. The van der Waals surface area contributed by atoms with Gasteiger partial charge in [-0.1, -0.05) is 27.5 Å². The molecule has 1 aromatic carbocycles. The van der Waals surface area contributed by atoms with Gasteiger partial charge in [0.2, 0.25) is 0 Å².